The number of hydrogen-bond acceptors (Lipinski definition) is 5. The van der Waals surface area contributed by atoms with Crippen molar-refractivity contribution in [3.63, 3.8) is 0 Å². The lowest BCUT2D eigenvalue weighted by Gasteiger charge is -2.38. The fraction of sp³-hybridized carbons (Fsp3) is 0.348. The van der Waals surface area contributed by atoms with Gasteiger partial charge in [0.15, 0.2) is 6.61 Å². The first-order chi connectivity index (χ1) is 14.0. The van der Waals surface area contributed by atoms with Gasteiger partial charge in [-0.15, -0.1) is 0 Å². The van der Waals surface area contributed by atoms with Crippen molar-refractivity contribution in [2.24, 2.45) is 0 Å². The molecule has 0 unspecified atom stereocenters. The van der Waals surface area contributed by atoms with E-state index in [0.717, 1.165) is 24.2 Å². The molecule has 0 spiro atoms. The minimum absolute atomic E-state index is 0.155. The molecule has 0 saturated carbocycles. The summed E-state index contributed by atoms with van der Waals surface area (Å²) in [6.07, 6.45) is 3.06. The molecule has 1 saturated heterocycles. The number of carbonyl (C=O) groups is 2. The Bertz CT molecular complexity index is 928. The number of benzene rings is 2. The van der Waals surface area contributed by atoms with E-state index in [1.807, 2.05) is 43.0 Å². The van der Waals surface area contributed by atoms with Crippen LogP contribution in [0.15, 0.2) is 58.3 Å². The van der Waals surface area contributed by atoms with E-state index in [1.165, 1.54) is 11.8 Å². The van der Waals surface area contributed by atoms with Gasteiger partial charge in [-0.2, -0.15) is 5.26 Å². The highest BCUT2D eigenvalue weighted by molar-refractivity contribution is 7.99. The third-order valence-corrected chi connectivity index (χ3v) is 6.29. The van der Waals surface area contributed by atoms with Crippen molar-refractivity contribution in [2.75, 3.05) is 6.61 Å². The molecular formula is C23H24N2O3S. The molecule has 0 N–H and O–H groups in total. The van der Waals surface area contributed by atoms with Crippen LogP contribution in [0.2, 0.25) is 0 Å². The van der Waals surface area contributed by atoms with Crippen LogP contribution in [0.3, 0.4) is 0 Å². The number of piperidine rings is 1. The number of nitrogens with zero attached hydrogens (tertiary/aromatic N) is 2. The van der Waals surface area contributed by atoms with E-state index in [1.54, 1.807) is 24.3 Å². The zero-order valence-corrected chi connectivity index (χ0v) is 17.4. The predicted octanol–water partition coefficient (Wildman–Crippen LogP) is 4.66. The van der Waals surface area contributed by atoms with Crippen LogP contribution in [0.4, 0.5) is 0 Å². The number of hydrogen-bond donors (Lipinski definition) is 0. The Hall–Kier alpha value is -2.78. The molecule has 1 aliphatic heterocycles. The maximum Gasteiger partial charge on any atom is 0.339 e. The van der Waals surface area contributed by atoms with E-state index in [2.05, 4.69) is 6.07 Å². The lowest BCUT2D eigenvalue weighted by Crippen LogP contribution is -2.49. The molecule has 3 rings (SSSR count). The van der Waals surface area contributed by atoms with Gasteiger partial charge in [0.25, 0.3) is 5.91 Å². The second kappa shape index (κ2) is 9.62. The summed E-state index contributed by atoms with van der Waals surface area (Å²) in [6, 6.07) is 16.8. The second-order valence-corrected chi connectivity index (χ2v) is 8.30. The lowest BCUT2D eigenvalue weighted by atomic mass is 9.97. The molecule has 1 fully saturated rings. The Labute approximate surface area is 175 Å². The number of ether oxygens (including phenoxy) is 1. The molecule has 150 valence electrons. The van der Waals surface area contributed by atoms with Crippen molar-refractivity contribution in [2.45, 2.75) is 55.0 Å². The fourth-order valence-corrected chi connectivity index (χ4v) is 4.70. The van der Waals surface area contributed by atoms with E-state index in [0.29, 0.717) is 16.0 Å². The molecule has 2 atom stereocenters. The highest BCUT2D eigenvalue weighted by atomic mass is 32.2. The van der Waals surface area contributed by atoms with E-state index in [9.17, 15) is 14.9 Å². The van der Waals surface area contributed by atoms with Gasteiger partial charge < -0.3 is 9.64 Å². The van der Waals surface area contributed by atoms with Crippen molar-refractivity contribution in [3.05, 3.63) is 59.7 Å². The van der Waals surface area contributed by atoms with Gasteiger partial charge in [-0.25, -0.2) is 4.79 Å². The number of esters is 1. The molecule has 5 nitrogen and oxygen atoms in total. The number of amides is 1. The Morgan fingerprint density at radius 2 is 1.69 bits per heavy atom. The zero-order chi connectivity index (χ0) is 20.8. The summed E-state index contributed by atoms with van der Waals surface area (Å²) in [5, 5.41) is 9.29. The summed E-state index contributed by atoms with van der Waals surface area (Å²) in [5.74, 6) is -0.689. The molecule has 2 aromatic rings. The van der Waals surface area contributed by atoms with Crippen molar-refractivity contribution in [3.8, 4) is 6.07 Å². The Balaban J connectivity index is 1.70. The van der Waals surface area contributed by atoms with Crippen LogP contribution < -0.4 is 0 Å². The summed E-state index contributed by atoms with van der Waals surface area (Å²) >= 11 is 1.34. The van der Waals surface area contributed by atoms with Crippen LogP contribution in [0.25, 0.3) is 0 Å². The van der Waals surface area contributed by atoms with Gasteiger partial charge in [-0.3, -0.25) is 4.79 Å². The van der Waals surface area contributed by atoms with E-state index in [4.69, 9.17) is 4.74 Å². The van der Waals surface area contributed by atoms with Gasteiger partial charge in [0, 0.05) is 21.9 Å². The summed E-state index contributed by atoms with van der Waals surface area (Å²) in [4.78, 5) is 28.6. The molecular weight excluding hydrogens is 384 g/mol. The van der Waals surface area contributed by atoms with Crippen LogP contribution in [0.1, 0.15) is 49.0 Å². The summed E-state index contributed by atoms with van der Waals surface area (Å²) in [5.41, 5.74) is 0.932. The van der Waals surface area contributed by atoms with E-state index in [-0.39, 0.29) is 24.6 Å². The molecule has 6 heteroatoms. The zero-order valence-electron chi connectivity index (χ0n) is 16.6. The van der Waals surface area contributed by atoms with Gasteiger partial charge in [0.05, 0.1) is 11.1 Å². The minimum Gasteiger partial charge on any atom is -0.452 e. The average Bonchev–Trinajstić information content (AvgIpc) is 2.72. The summed E-state index contributed by atoms with van der Waals surface area (Å²) in [7, 11) is 0. The Morgan fingerprint density at radius 1 is 1.07 bits per heavy atom. The minimum atomic E-state index is -0.534. The van der Waals surface area contributed by atoms with Crippen LogP contribution in [0.5, 0.6) is 0 Å². The number of nitriles is 1. The molecule has 0 bridgehead atoms. The van der Waals surface area contributed by atoms with Crippen LogP contribution in [-0.4, -0.2) is 35.5 Å². The molecule has 1 aliphatic rings. The van der Waals surface area contributed by atoms with Gasteiger partial charge in [-0.05, 0) is 57.4 Å². The number of carbonyl (C=O) groups excluding carboxylic acids is 2. The monoisotopic (exact) mass is 408 g/mol. The standard InChI is InChI=1S/C23H24N2O3S/c1-16-8-7-9-17(2)25(16)22(26)15-28-23(27)19-11-4-6-13-21(19)29-20-12-5-3-10-18(20)14-24/h3-6,10-13,16-17H,7-9,15H2,1-2H3/t16-,17+. The smallest absolute Gasteiger partial charge is 0.339 e. The maximum absolute atomic E-state index is 12.7. The lowest BCUT2D eigenvalue weighted by molar-refractivity contribution is -0.140. The number of likely N-dealkylation sites (tertiary alicyclic amines) is 1. The molecule has 0 radical (unpaired) electrons. The van der Waals surface area contributed by atoms with Crippen molar-refractivity contribution < 1.29 is 14.3 Å². The Kier molecular flexibility index (Phi) is 6.95. The first kappa shape index (κ1) is 20.9. The third kappa shape index (κ3) is 4.99. The highest BCUT2D eigenvalue weighted by Crippen LogP contribution is 2.33. The SMILES string of the molecule is C[C@@H]1CCC[C@H](C)N1C(=O)COC(=O)c1ccccc1Sc1ccccc1C#N. The quantitative estimate of drug-likeness (QED) is 0.673. The van der Waals surface area contributed by atoms with Crippen molar-refractivity contribution >= 4 is 23.6 Å². The van der Waals surface area contributed by atoms with Crippen LogP contribution in [0, 0.1) is 11.3 Å². The van der Waals surface area contributed by atoms with E-state index >= 15 is 0 Å². The topological polar surface area (TPSA) is 70.4 Å². The van der Waals surface area contributed by atoms with E-state index < -0.39 is 5.97 Å². The maximum atomic E-state index is 12.7. The molecule has 29 heavy (non-hydrogen) atoms. The fourth-order valence-electron chi connectivity index (χ4n) is 3.68. The van der Waals surface area contributed by atoms with Crippen molar-refractivity contribution in [1.82, 2.24) is 4.90 Å². The van der Waals surface area contributed by atoms with Gasteiger partial charge >= 0.3 is 5.97 Å². The molecule has 2 aromatic carbocycles. The van der Waals surface area contributed by atoms with Gasteiger partial charge in [-0.1, -0.05) is 36.0 Å². The first-order valence-electron chi connectivity index (χ1n) is 9.75. The third-order valence-electron chi connectivity index (χ3n) is 5.14. The largest absolute Gasteiger partial charge is 0.452 e. The van der Waals surface area contributed by atoms with Gasteiger partial charge in [0.2, 0.25) is 0 Å². The predicted molar refractivity (Wildman–Crippen MR) is 112 cm³/mol. The average molecular weight is 409 g/mol. The van der Waals surface area contributed by atoms with Crippen LogP contribution in [-0.2, 0) is 9.53 Å². The van der Waals surface area contributed by atoms with Crippen molar-refractivity contribution in [1.29, 1.82) is 5.26 Å². The highest BCUT2D eigenvalue weighted by Gasteiger charge is 2.29. The molecule has 1 heterocycles. The molecule has 0 aromatic heterocycles. The first-order valence-corrected chi connectivity index (χ1v) is 10.6. The summed E-state index contributed by atoms with van der Waals surface area (Å²) in [6.45, 7) is 3.81. The molecule has 0 aliphatic carbocycles. The molecule has 1 amide bonds. The van der Waals surface area contributed by atoms with Crippen LogP contribution >= 0.6 is 11.8 Å². The Morgan fingerprint density at radius 3 is 2.38 bits per heavy atom. The second-order valence-electron chi connectivity index (χ2n) is 7.21. The summed E-state index contributed by atoms with van der Waals surface area (Å²) < 4.78 is 5.37. The number of rotatable bonds is 5. The van der Waals surface area contributed by atoms with Gasteiger partial charge in [0.1, 0.15) is 6.07 Å². The normalized spacial score (nSPS) is 18.7.